The van der Waals surface area contributed by atoms with Gasteiger partial charge in [0, 0.05) is 0 Å². The van der Waals surface area contributed by atoms with Crippen LogP contribution in [0.1, 0.15) is 20.8 Å². The van der Waals surface area contributed by atoms with E-state index in [1.54, 1.807) is 0 Å². The van der Waals surface area contributed by atoms with E-state index in [-0.39, 0.29) is 0 Å². The van der Waals surface area contributed by atoms with Gasteiger partial charge in [-0.1, -0.05) is 20.8 Å². The van der Waals surface area contributed by atoms with Gasteiger partial charge in [0.25, 0.3) is 0 Å². The lowest BCUT2D eigenvalue weighted by molar-refractivity contribution is 0.278. The van der Waals surface area contributed by atoms with Gasteiger partial charge in [-0.2, -0.15) is 0 Å². The summed E-state index contributed by atoms with van der Waals surface area (Å²) in [6.45, 7) is 6.45. The van der Waals surface area contributed by atoms with Crippen LogP contribution in [0.3, 0.4) is 0 Å². The Morgan fingerprint density at radius 1 is 1.11 bits per heavy atom. The zero-order valence-electron chi connectivity index (χ0n) is 6.00. The van der Waals surface area contributed by atoms with E-state index in [4.69, 9.17) is 15.1 Å². The largest absolute Gasteiger partial charge is 0.631 e. The van der Waals surface area contributed by atoms with Gasteiger partial charge < -0.3 is 15.1 Å². The first-order chi connectivity index (χ1) is 3.73. The molecule has 0 aromatic rings. The highest BCUT2D eigenvalue weighted by Crippen LogP contribution is 2.12. The van der Waals surface area contributed by atoms with Crippen molar-refractivity contribution in [3.63, 3.8) is 0 Å². The minimum atomic E-state index is -2.17. The molecule has 3 nitrogen and oxygen atoms in total. The monoisotopic (exact) mass is 152 g/mol. The molecule has 0 fully saturated rings. The van der Waals surface area contributed by atoms with Gasteiger partial charge >= 0.3 is 7.32 Å². The van der Waals surface area contributed by atoms with Gasteiger partial charge in [0.2, 0.25) is 0 Å². The van der Waals surface area contributed by atoms with E-state index in [1.165, 1.54) is 0 Å². The number of hydrogen-bond donors (Lipinski definition) is 3. The van der Waals surface area contributed by atoms with E-state index in [1.807, 2.05) is 0 Å². The van der Waals surface area contributed by atoms with Crippen molar-refractivity contribution < 1.29 is 15.1 Å². The molecule has 1 unspecified atom stereocenters. The summed E-state index contributed by atoms with van der Waals surface area (Å²) in [7, 11) is 0.549. The summed E-state index contributed by atoms with van der Waals surface area (Å²) in [4.78, 5) is 0. The third-order valence-corrected chi connectivity index (χ3v) is 0. The van der Waals surface area contributed by atoms with Crippen molar-refractivity contribution >= 4 is 16.6 Å². The van der Waals surface area contributed by atoms with Gasteiger partial charge in [0.05, 0.1) is 0 Å². The smallest absolute Gasteiger partial charge is 0.402 e. The minimum Gasteiger partial charge on any atom is -0.402 e. The van der Waals surface area contributed by atoms with Crippen LogP contribution in [0.25, 0.3) is 0 Å². The second-order valence-corrected chi connectivity index (χ2v) is 4.44. The molecule has 0 heterocycles. The second kappa shape index (κ2) is 5.18. The molecule has 0 aliphatic heterocycles. The summed E-state index contributed by atoms with van der Waals surface area (Å²) >= 11 is 0. The fourth-order valence-corrected chi connectivity index (χ4v) is 0. The summed E-state index contributed by atoms with van der Waals surface area (Å²) in [5.41, 5.74) is 0. The summed E-state index contributed by atoms with van der Waals surface area (Å²) in [5, 5.41) is 21.9. The van der Waals surface area contributed by atoms with E-state index in [0.717, 1.165) is 0 Å². The lowest BCUT2D eigenvalue weighted by Gasteiger charge is -2.05. The van der Waals surface area contributed by atoms with Crippen molar-refractivity contribution in [3.8, 4) is 0 Å². The Morgan fingerprint density at radius 3 is 1.11 bits per heavy atom. The highest BCUT2D eigenvalue weighted by atomic mass is 31.0. The molecule has 0 bridgehead atoms. The Kier molecular flexibility index (Phi) is 6.96. The van der Waals surface area contributed by atoms with Gasteiger partial charge in [0.15, 0.2) is 0 Å². The summed E-state index contributed by atoms with van der Waals surface area (Å²) in [5.74, 6) is 0. The Balaban J connectivity index is 0. The van der Waals surface area contributed by atoms with Gasteiger partial charge in [-0.25, -0.2) is 0 Å². The third-order valence-electron chi connectivity index (χ3n) is 0. The van der Waals surface area contributed by atoms with Gasteiger partial charge in [0.1, 0.15) is 0 Å². The first-order valence-electron chi connectivity index (χ1n) is 2.56. The topological polar surface area (TPSA) is 60.7 Å². The maximum absolute atomic E-state index is 7.17. The first kappa shape index (κ1) is 12.1. The normalized spacial score (nSPS) is 9.67. The molecule has 0 radical (unpaired) electrons. The molecule has 1 atom stereocenters. The highest BCUT2D eigenvalue weighted by Gasteiger charge is 1.95. The van der Waals surface area contributed by atoms with Crippen LogP contribution >= 0.6 is 9.24 Å². The maximum Gasteiger partial charge on any atom is 0.631 e. The number of rotatable bonds is 0. The summed E-state index contributed by atoms with van der Waals surface area (Å²) in [6, 6.07) is 0. The van der Waals surface area contributed by atoms with Gasteiger partial charge in [-0.05, 0) is 5.16 Å². The fraction of sp³-hybridized carbons (Fsp3) is 1.00. The molecular weight excluding hydrogens is 138 g/mol. The molecule has 9 heavy (non-hydrogen) atoms. The van der Waals surface area contributed by atoms with Crippen LogP contribution in [0.4, 0.5) is 0 Å². The van der Waals surface area contributed by atoms with Crippen molar-refractivity contribution in [1.82, 2.24) is 0 Å². The van der Waals surface area contributed by atoms with Crippen molar-refractivity contribution in [1.29, 1.82) is 0 Å². The van der Waals surface area contributed by atoms with Crippen LogP contribution in [0.15, 0.2) is 0 Å². The van der Waals surface area contributed by atoms with Crippen LogP contribution in [0.2, 0.25) is 0 Å². The molecule has 3 N–H and O–H groups in total. The molecule has 5 heteroatoms. The molecule has 0 amide bonds. The summed E-state index contributed by atoms with van der Waals surface area (Å²) < 4.78 is 0. The molecule has 0 saturated carbocycles. The molecule has 0 aliphatic rings. The average molecular weight is 152 g/mol. The molecule has 0 rings (SSSR count). The summed E-state index contributed by atoms with van der Waals surface area (Å²) in [6.07, 6.45) is 0. The fourth-order valence-electron chi connectivity index (χ4n) is 0. The minimum absolute atomic E-state index is 0.417. The first-order valence-corrected chi connectivity index (χ1v) is 3.14. The molecule has 0 aromatic heterocycles. The number of hydrogen-bond acceptors (Lipinski definition) is 3. The van der Waals surface area contributed by atoms with Crippen molar-refractivity contribution in [2.24, 2.45) is 0 Å². The van der Waals surface area contributed by atoms with E-state index >= 15 is 0 Å². The van der Waals surface area contributed by atoms with E-state index in [0.29, 0.717) is 5.16 Å². The van der Waals surface area contributed by atoms with Crippen molar-refractivity contribution in [2.75, 3.05) is 0 Å². The highest BCUT2D eigenvalue weighted by molar-refractivity contribution is 7.18. The zero-order chi connectivity index (χ0) is 8.08. The zero-order valence-corrected chi connectivity index (χ0v) is 7.15. The van der Waals surface area contributed by atoms with Crippen LogP contribution in [-0.2, 0) is 0 Å². The van der Waals surface area contributed by atoms with Gasteiger partial charge in [-0.3, -0.25) is 0 Å². The Morgan fingerprint density at radius 2 is 1.11 bits per heavy atom. The predicted molar refractivity (Wildman–Crippen MR) is 41.9 cm³/mol. The quantitative estimate of drug-likeness (QED) is 0.327. The van der Waals surface area contributed by atoms with E-state index < -0.39 is 7.32 Å². The lowest BCUT2D eigenvalue weighted by Crippen LogP contribution is -2.07. The lowest BCUT2D eigenvalue weighted by atomic mass is 10.3. The maximum atomic E-state index is 7.17. The Hall–Kier alpha value is 0.375. The third kappa shape index (κ3) is 2420. The van der Waals surface area contributed by atoms with Crippen LogP contribution in [0, 0.1) is 0 Å². The predicted octanol–water partition coefficient (Wildman–Crippen LogP) is -0.392. The standard InChI is InChI=1S/C4H11P.BH3O3/c1-4(2,3)5;2-1(3)4/h5H2,1-3H3;2-4H. The molecule has 0 aromatic carbocycles. The molecule has 0 spiro atoms. The van der Waals surface area contributed by atoms with Crippen LogP contribution in [-0.4, -0.2) is 27.5 Å². The Bertz CT molecular complexity index is 52.6. The van der Waals surface area contributed by atoms with Gasteiger partial charge in [-0.15, -0.1) is 9.24 Å². The van der Waals surface area contributed by atoms with Crippen LogP contribution in [0.5, 0.6) is 0 Å². The van der Waals surface area contributed by atoms with Crippen molar-refractivity contribution in [2.45, 2.75) is 25.9 Å². The van der Waals surface area contributed by atoms with Crippen LogP contribution < -0.4 is 0 Å². The molecular formula is C4H14BO3P. The molecule has 56 valence electrons. The second-order valence-electron chi connectivity index (χ2n) is 2.71. The molecule has 0 saturated heterocycles. The molecule has 0 aliphatic carbocycles. The van der Waals surface area contributed by atoms with E-state index in [2.05, 4.69) is 30.0 Å². The van der Waals surface area contributed by atoms with Crippen molar-refractivity contribution in [3.05, 3.63) is 0 Å². The average Bonchev–Trinajstić information content (AvgIpc) is 1.19. The van der Waals surface area contributed by atoms with E-state index in [9.17, 15) is 0 Å². The SMILES string of the molecule is CC(C)(C)P.OB(O)O. The Labute approximate surface area is 58.5 Å².